The minimum absolute atomic E-state index is 0.00942. The summed E-state index contributed by atoms with van der Waals surface area (Å²) in [6.45, 7) is 4.55. The number of ether oxygens (including phenoxy) is 6. The summed E-state index contributed by atoms with van der Waals surface area (Å²) < 4.78 is 74.9. The fourth-order valence-corrected chi connectivity index (χ4v) is 4.25. The first-order chi connectivity index (χ1) is 20.7. The fraction of sp³-hybridized carbons (Fsp3) is 0.696. The van der Waals surface area contributed by atoms with Crippen molar-refractivity contribution in [2.45, 2.75) is 64.8 Å². The van der Waals surface area contributed by atoms with Crippen LogP contribution >= 0.6 is 7.82 Å². The van der Waals surface area contributed by atoms with Gasteiger partial charge in [0.05, 0.1) is 31.7 Å². The average Bonchev–Trinajstić information content (AvgIpc) is 3.36. The number of imidazole rings is 1. The van der Waals surface area contributed by atoms with E-state index in [1.165, 1.54) is 0 Å². The van der Waals surface area contributed by atoms with Gasteiger partial charge in [-0.25, -0.2) is 32.6 Å². The number of hydrogen-bond donors (Lipinski definition) is 3. The number of alkyl halides is 1. The monoisotopic (exact) mass is 656 g/mol. The Balaban J connectivity index is 2.27. The Hall–Kier alpha value is -3.39. The second-order valence-corrected chi connectivity index (χ2v) is 10.9. The van der Waals surface area contributed by atoms with Crippen molar-refractivity contribution in [3.63, 3.8) is 0 Å². The van der Waals surface area contributed by atoms with Crippen molar-refractivity contribution >= 4 is 37.2 Å². The van der Waals surface area contributed by atoms with Crippen LogP contribution in [-0.2, 0) is 41.8 Å². The molecule has 2 heterocycles. The van der Waals surface area contributed by atoms with E-state index in [1.807, 2.05) is 0 Å². The molecule has 0 amide bonds. The summed E-state index contributed by atoms with van der Waals surface area (Å²) in [4.78, 5) is 35.3. The first kappa shape index (κ1) is 36.8. The van der Waals surface area contributed by atoms with Gasteiger partial charge in [0.15, 0.2) is 11.2 Å². The first-order valence-corrected chi connectivity index (χ1v) is 14.6. The SMILES string of the molecule is CCOc1nc(N)nc2c1ncn2[C@H](F)[C@H](O)[C@@](CN)(COP(=O)(OCOC(=O)OC(C)C)OCOC(=O)OC(C)C)OC. The topological polar surface area (TPSA) is 250 Å². The number of phosphoric ester groups is 1. The number of nitrogens with two attached hydrogens (primary N) is 2. The van der Waals surface area contributed by atoms with Crippen LogP contribution in [0.15, 0.2) is 6.33 Å². The molecule has 3 atom stereocenters. The van der Waals surface area contributed by atoms with Gasteiger partial charge in [-0.2, -0.15) is 9.97 Å². The number of methoxy groups -OCH3 is 1. The third-order valence-corrected chi connectivity index (χ3v) is 6.70. The lowest BCUT2D eigenvalue weighted by molar-refractivity contribution is -0.158. The third-order valence-electron chi connectivity index (χ3n) is 5.41. The van der Waals surface area contributed by atoms with Gasteiger partial charge < -0.3 is 45.0 Å². The molecule has 44 heavy (non-hydrogen) atoms. The van der Waals surface area contributed by atoms with E-state index in [2.05, 4.69) is 24.4 Å². The normalized spacial score (nSPS) is 14.7. The second kappa shape index (κ2) is 16.6. The summed E-state index contributed by atoms with van der Waals surface area (Å²) in [6, 6.07) is 0. The van der Waals surface area contributed by atoms with Crippen LogP contribution in [0.5, 0.6) is 5.88 Å². The van der Waals surface area contributed by atoms with Crippen molar-refractivity contribution in [3.8, 4) is 5.88 Å². The Morgan fingerprint density at radius 2 is 1.64 bits per heavy atom. The highest BCUT2D eigenvalue weighted by Crippen LogP contribution is 2.50. The molecule has 0 aliphatic rings. The number of aliphatic hydroxyl groups excluding tert-OH is 1. The molecule has 5 N–H and O–H groups in total. The van der Waals surface area contributed by atoms with Crippen molar-refractivity contribution in [2.24, 2.45) is 5.73 Å². The van der Waals surface area contributed by atoms with Gasteiger partial charge in [-0.15, -0.1) is 0 Å². The highest BCUT2D eigenvalue weighted by atomic mass is 31.2. The molecule has 0 unspecified atom stereocenters. The number of rotatable bonds is 18. The molecule has 0 bridgehead atoms. The van der Waals surface area contributed by atoms with E-state index >= 15 is 4.39 Å². The zero-order chi connectivity index (χ0) is 33.1. The molecule has 0 saturated heterocycles. The van der Waals surface area contributed by atoms with Gasteiger partial charge in [0.25, 0.3) is 0 Å². The highest BCUT2D eigenvalue weighted by molar-refractivity contribution is 7.48. The maximum absolute atomic E-state index is 15.9. The van der Waals surface area contributed by atoms with Gasteiger partial charge in [-0.1, -0.05) is 0 Å². The molecule has 19 nitrogen and oxygen atoms in total. The van der Waals surface area contributed by atoms with Gasteiger partial charge in [-0.05, 0) is 34.6 Å². The second-order valence-electron chi connectivity index (χ2n) is 9.27. The lowest BCUT2D eigenvalue weighted by Gasteiger charge is -2.37. The molecule has 2 aromatic rings. The van der Waals surface area contributed by atoms with Crippen LogP contribution in [0.4, 0.5) is 19.9 Å². The van der Waals surface area contributed by atoms with E-state index in [4.69, 9.17) is 44.0 Å². The molecule has 0 saturated carbocycles. The molecule has 2 rings (SSSR count). The smallest absolute Gasteiger partial charge is 0.476 e. The number of halogens is 1. The van der Waals surface area contributed by atoms with Crippen LogP contribution in [0, 0.1) is 0 Å². The molecule has 0 spiro atoms. The van der Waals surface area contributed by atoms with Crippen LogP contribution in [0.3, 0.4) is 0 Å². The number of phosphoric acid groups is 1. The third kappa shape index (κ3) is 10.1. The highest BCUT2D eigenvalue weighted by Gasteiger charge is 2.46. The van der Waals surface area contributed by atoms with E-state index in [1.54, 1.807) is 34.6 Å². The fourth-order valence-electron chi connectivity index (χ4n) is 3.29. The van der Waals surface area contributed by atoms with E-state index in [0.717, 1.165) is 18.0 Å². The Morgan fingerprint density at radius 1 is 1.07 bits per heavy atom. The molecule has 21 heteroatoms. The van der Waals surface area contributed by atoms with Gasteiger partial charge in [0.1, 0.15) is 11.7 Å². The van der Waals surface area contributed by atoms with Gasteiger partial charge in [-0.3, -0.25) is 9.09 Å². The molecular formula is C23H38FN6O13P. The molecule has 0 radical (unpaired) electrons. The van der Waals surface area contributed by atoms with Crippen LogP contribution in [0.2, 0.25) is 0 Å². The van der Waals surface area contributed by atoms with E-state index in [0.29, 0.717) is 0 Å². The molecule has 250 valence electrons. The number of nitrogens with zero attached hydrogens (tertiary/aromatic N) is 4. The number of aromatic nitrogens is 4. The number of carbonyl (C=O) groups is 2. The van der Waals surface area contributed by atoms with E-state index < -0.39 is 77.1 Å². The van der Waals surface area contributed by atoms with E-state index in [9.17, 15) is 19.3 Å². The summed E-state index contributed by atoms with van der Waals surface area (Å²) in [5.74, 6) is -0.261. The zero-order valence-electron chi connectivity index (χ0n) is 25.0. The van der Waals surface area contributed by atoms with Crippen LogP contribution in [0.25, 0.3) is 11.2 Å². The Morgan fingerprint density at radius 3 is 2.11 bits per heavy atom. The Kier molecular flexibility index (Phi) is 13.9. The minimum Gasteiger partial charge on any atom is -0.476 e. The van der Waals surface area contributed by atoms with Crippen LogP contribution in [-0.4, -0.2) is 101 Å². The van der Waals surface area contributed by atoms with Crippen molar-refractivity contribution < 1.29 is 65.6 Å². The van der Waals surface area contributed by atoms with Gasteiger partial charge >= 0.3 is 20.1 Å². The number of fused-ring (bicyclic) bond motifs is 1. The predicted molar refractivity (Wildman–Crippen MR) is 147 cm³/mol. The lowest BCUT2D eigenvalue weighted by atomic mass is 9.96. The lowest BCUT2D eigenvalue weighted by Crippen LogP contribution is -2.56. The number of carbonyl (C=O) groups excluding carboxylic acids is 2. The average molecular weight is 657 g/mol. The maximum atomic E-state index is 15.9. The van der Waals surface area contributed by atoms with Gasteiger partial charge in [0.2, 0.25) is 31.7 Å². The first-order valence-electron chi connectivity index (χ1n) is 13.1. The quantitative estimate of drug-likeness (QED) is 0.118. The maximum Gasteiger partial charge on any atom is 0.510 e. The summed E-state index contributed by atoms with van der Waals surface area (Å²) in [7, 11) is -3.74. The predicted octanol–water partition coefficient (Wildman–Crippen LogP) is 2.18. The largest absolute Gasteiger partial charge is 0.510 e. The Labute approximate surface area is 251 Å². The number of hydrogen-bond acceptors (Lipinski definition) is 18. The zero-order valence-corrected chi connectivity index (χ0v) is 25.9. The van der Waals surface area contributed by atoms with Crippen molar-refractivity contribution in [1.29, 1.82) is 0 Å². The molecule has 0 aromatic carbocycles. The van der Waals surface area contributed by atoms with E-state index in [-0.39, 0.29) is 29.6 Å². The summed E-state index contributed by atoms with van der Waals surface area (Å²) in [5.41, 5.74) is 9.39. The Bertz CT molecular complexity index is 1250. The summed E-state index contributed by atoms with van der Waals surface area (Å²) in [5, 5.41) is 11.1. The summed E-state index contributed by atoms with van der Waals surface area (Å²) in [6.07, 6.45) is -6.88. The number of aliphatic hydroxyl groups is 1. The molecule has 2 aromatic heterocycles. The van der Waals surface area contributed by atoms with Gasteiger partial charge in [0, 0.05) is 13.7 Å². The van der Waals surface area contributed by atoms with Crippen molar-refractivity contribution in [2.75, 3.05) is 46.2 Å². The molecule has 0 aliphatic heterocycles. The number of nitrogen functional groups attached to an aromatic ring is 1. The van der Waals surface area contributed by atoms with Crippen LogP contribution < -0.4 is 16.2 Å². The standard InChI is InChI=1S/C23H38FN6O13P/c1-7-36-19-15-18(28-20(26)29-19)30(10-27-15)17(24)16(31)23(8-25,35-6)9-39-44(34,40-11-37-21(32)42-13(2)3)41-12-38-22(33)43-14(4)5/h10,13-14,16-17,31H,7-9,11-12,25H2,1-6H3,(H2,26,28,29)/t16-,17-,23+/m0/s1. The van der Waals surface area contributed by atoms with Crippen molar-refractivity contribution in [1.82, 2.24) is 19.5 Å². The molecule has 0 fully saturated rings. The summed E-state index contributed by atoms with van der Waals surface area (Å²) >= 11 is 0. The number of anilines is 1. The minimum atomic E-state index is -4.82. The molecule has 0 aliphatic carbocycles. The molecular weight excluding hydrogens is 618 g/mol. The van der Waals surface area contributed by atoms with Crippen molar-refractivity contribution in [3.05, 3.63) is 6.33 Å². The van der Waals surface area contributed by atoms with Crippen LogP contribution in [0.1, 0.15) is 40.9 Å².